The summed E-state index contributed by atoms with van der Waals surface area (Å²) in [6.07, 6.45) is 2.04. The molecule has 0 N–H and O–H groups in total. The molecule has 1 rings (SSSR count). The van der Waals surface area contributed by atoms with E-state index in [4.69, 9.17) is 13.8 Å². The van der Waals surface area contributed by atoms with Crippen molar-refractivity contribution in [3.05, 3.63) is 30.1 Å². The van der Waals surface area contributed by atoms with E-state index in [1.54, 1.807) is 18.2 Å². The Morgan fingerprint density at radius 2 is 2.07 bits per heavy atom. The van der Waals surface area contributed by atoms with E-state index in [0.29, 0.717) is 12.4 Å². The normalized spacial score (nSPS) is 9.57. The second-order valence-corrected chi connectivity index (χ2v) is 5.25. The molecule has 0 aliphatic carbocycles. The van der Waals surface area contributed by atoms with Gasteiger partial charge in [0, 0.05) is 0 Å². The molecule has 0 saturated heterocycles. The van der Waals surface area contributed by atoms with Crippen LogP contribution in [0.4, 0.5) is 4.39 Å². The van der Waals surface area contributed by atoms with Crippen LogP contribution < -0.4 is 4.74 Å². The summed E-state index contributed by atoms with van der Waals surface area (Å²) >= 11 is -0.342. The van der Waals surface area contributed by atoms with Gasteiger partial charge in [-0.15, -0.1) is 4.55 Å². The van der Waals surface area contributed by atoms with Crippen LogP contribution in [0.2, 0.25) is 4.55 Å². The van der Waals surface area contributed by atoms with E-state index in [-0.39, 0.29) is 25.1 Å². The van der Waals surface area contributed by atoms with Crippen LogP contribution in [0, 0.1) is 5.82 Å². The Kier molecular flexibility index (Phi) is 6.31. The maximum Gasteiger partial charge on any atom is 0.501 e. The topological polar surface area (TPSA) is 9.23 Å². The molecule has 0 aliphatic rings. The molecule has 1 aromatic carbocycles. The van der Waals surface area contributed by atoms with Crippen LogP contribution in [-0.4, -0.2) is 25.9 Å². The number of unbranched alkanes of at least 4 members (excludes halogenated alkanes) is 1. The van der Waals surface area contributed by atoms with Gasteiger partial charge in [-0.25, -0.2) is 4.39 Å². The Balaban J connectivity index is 2.21. The first-order chi connectivity index (χ1) is 6.84. The molecule has 0 amide bonds. The predicted octanol–water partition coefficient (Wildman–Crippen LogP) is 3.26. The molecule has 0 atom stereocenters. The lowest BCUT2D eigenvalue weighted by Gasteiger charge is -2.05. The van der Waals surface area contributed by atoms with Gasteiger partial charge in [-0.05, 0) is 18.6 Å². The van der Waals surface area contributed by atoms with E-state index in [2.05, 4.69) is 0 Å². The van der Waals surface area contributed by atoms with Gasteiger partial charge in [0.15, 0.2) is 11.6 Å². The lowest BCUT2D eigenvalue weighted by Crippen LogP contribution is -1.99. The van der Waals surface area contributed by atoms with Crippen molar-refractivity contribution >= 4 is 28.3 Å². The number of rotatable bonds is 6. The number of halogens is 2. The van der Waals surface area contributed by atoms with Crippen LogP contribution >= 0.6 is 9.07 Å². The molecule has 1 aromatic rings. The largest absolute Gasteiger partial charge is 0.501 e. The van der Waals surface area contributed by atoms with Gasteiger partial charge in [-0.1, -0.05) is 18.6 Å². The van der Waals surface area contributed by atoms with E-state index >= 15 is 0 Å². The molecule has 74 valence electrons. The Hall–Kier alpha value is 0.00623. The minimum atomic E-state index is -0.342. The average Bonchev–Trinajstić information content (AvgIpc) is 2.20. The van der Waals surface area contributed by atoms with Crippen molar-refractivity contribution in [3.63, 3.8) is 0 Å². The van der Waals surface area contributed by atoms with Crippen LogP contribution in [0.5, 0.6) is 5.75 Å². The minimum Gasteiger partial charge on any atom is -0.491 e. The summed E-state index contributed by atoms with van der Waals surface area (Å²) in [7, 11) is 5.66. The zero-order valence-corrected chi connectivity index (χ0v) is 10.2. The third-order valence-electron chi connectivity index (χ3n) is 1.87. The van der Waals surface area contributed by atoms with Gasteiger partial charge in [0.1, 0.15) is 0 Å². The van der Waals surface area contributed by atoms with E-state index in [1.165, 1.54) is 6.07 Å². The van der Waals surface area contributed by atoms with E-state index < -0.39 is 0 Å². The maximum atomic E-state index is 13.0. The smallest absolute Gasteiger partial charge is 0.491 e. The quantitative estimate of drug-likeness (QED) is 0.535. The summed E-state index contributed by atoms with van der Waals surface area (Å²) < 4.78 is 19.4. The molecule has 0 heterocycles. The van der Waals surface area contributed by atoms with E-state index in [1.807, 2.05) is 0 Å². The first-order valence-electron chi connectivity index (χ1n) is 4.78. The first-order valence-corrected chi connectivity index (χ1v) is 7.91. The summed E-state index contributed by atoms with van der Waals surface area (Å²) in [6.45, 7) is 0.576. The van der Waals surface area contributed by atoms with Gasteiger partial charge in [-0.3, -0.25) is 0 Å². The van der Waals surface area contributed by atoms with Crippen LogP contribution in [0.1, 0.15) is 12.8 Å². The van der Waals surface area contributed by atoms with Gasteiger partial charge < -0.3 is 13.8 Å². The number of hydrogen-bond donors (Lipinski definition) is 0. The SMILES string of the molecule is Fc1ccccc1OCCC[CH2][Mg][Cl]. The van der Waals surface area contributed by atoms with Gasteiger partial charge in [0.05, 0.1) is 6.61 Å². The van der Waals surface area contributed by atoms with Gasteiger partial charge in [0.25, 0.3) is 0 Å². The van der Waals surface area contributed by atoms with Crippen LogP contribution in [0.3, 0.4) is 0 Å². The van der Waals surface area contributed by atoms with Gasteiger partial charge in [-0.2, -0.15) is 0 Å². The summed E-state index contributed by atoms with van der Waals surface area (Å²) in [4.78, 5) is 0. The minimum absolute atomic E-state index is 0.292. The Morgan fingerprint density at radius 1 is 1.29 bits per heavy atom. The third kappa shape index (κ3) is 4.49. The average molecular weight is 227 g/mol. The van der Waals surface area contributed by atoms with Crippen LogP contribution in [-0.2, 0) is 0 Å². The zero-order chi connectivity index (χ0) is 10.2. The Bertz CT molecular complexity index is 270. The van der Waals surface area contributed by atoms with Gasteiger partial charge in [0.2, 0.25) is 0 Å². The zero-order valence-electron chi connectivity index (χ0n) is 8.01. The van der Waals surface area contributed by atoms with Crippen LogP contribution in [0.25, 0.3) is 0 Å². The monoisotopic (exact) mass is 226 g/mol. The molecule has 0 radical (unpaired) electrons. The highest BCUT2D eigenvalue weighted by Crippen LogP contribution is 2.15. The molecule has 1 nitrogen and oxygen atoms in total. The molecule has 0 aromatic heterocycles. The first kappa shape index (κ1) is 12.1. The van der Waals surface area contributed by atoms with Crippen LogP contribution in [0.15, 0.2) is 24.3 Å². The summed E-state index contributed by atoms with van der Waals surface area (Å²) in [6, 6.07) is 6.47. The number of hydrogen-bond acceptors (Lipinski definition) is 1. The molecule has 14 heavy (non-hydrogen) atoms. The highest BCUT2D eigenvalue weighted by atomic mass is 35.5. The van der Waals surface area contributed by atoms with Crippen molar-refractivity contribution in [3.8, 4) is 5.75 Å². The maximum absolute atomic E-state index is 13.0. The highest BCUT2D eigenvalue weighted by molar-refractivity contribution is 6.93. The molecule has 0 unspecified atom stereocenters. The molecule has 0 saturated carbocycles. The molecular weight excluding hydrogens is 215 g/mol. The lowest BCUT2D eigenvalue weighted by molar-refractivity contribution is 0.294. The Morgan fingerprint density at radius 3 is 2.79 bits per heavy atom. The number of ether oxygens (including phenoxy) is 1. The van der Waals surface area contributed by atoms with E-state index in [9.17, 15) is 4.39 Å². The van der Waals surface area contributed by atoms with E-state index in [0.717, 1.165) is 17.4 Å². The van der Waals surface area contributed by atoms with Crippen molar-refractivity contribution < 1.29 is 9.13 Å². The fourth-order valence-electron chi connectivity index (χ4n) is 1.12. The highest BCUT2D eigenvalue weighted by Gasteiger charge is 2.00. The van der Waals surface area contributed by atoms with Crippen molar-refractivity contribution in [2.75, 3.05) is 6.61 Å². The second-order valence-electron chi connectivity index (χ2n) is 3.03. The molecule has 0 aliphatic heterocycles. The fraction of sp³-hybridized carbons (Fsp3) is 0.400. The standard InChI is InChI=1S/C10H12FO.ClH.Mg/c1-2-3-8-12-10-7-5-4-6-9(10)11;;/h4-7H,1-3,8H2;1H;/q;;+1/p-1. The second kappa shape index (κ2) is 7.32. The van der Waals surface area contributed by atoms with Crippen molar-refractivity contribution in [1.82, 2.24) is 0 Å². The summed E-state index contributed by atoms with van der Waals surface area (Å²) in [5.74, 6) is 0.0508. The van der Waals surface area contributed by atoms with Crippen molar-refractivity contribution in [2.24, 2.45) is 0 Å². The summed E-state index contributed by atoms with van der Waals surface area (Å²) in [5, 5.41) is 0. The molecular formula is C10H12ClFMgO. The third-order valence-corrected chi connectivity index (χ3v) is 3.44. The molecule has 0 spiro atoms. The lowest BCUT2D eigenvalue weighted by atomic mass is 10.3. The Labute approximate surface area is 97.1 Å². The number of para-hydroxylation sites is 1. The molecule has 4 heteroatoms. The number of benzene rings is 1. The van der Waals surface area contributed by atoms with Crippen molar-refractivity contribution in [2.45, 2.75) is 17.4 Å². The molecule has 0 fully saturated rings. The fourth-order valence-corrected chi connectivity index (χ4v) is 2.23. The van der Waals surface area contributed by atoms with Crippen molar-refractivity contribution in [1.29, 1.82) is 0 Å². The summed E-state index contributed by atoms with van der Waals surface area (Å²) in [5.41, 5.74) is 0. The predicted molar refractivity (Wildman–Crippen MR) is 57.5 cm³/mol. The van der Waals surface area contributed by atoms with Gasteiger partial charge >= 0.3 is 19.3 Å². The molecule has 0 bridgehead atoms.